The fourth-order valence-electron chi connectivity index (χ4n) is 6.68. The molecule has 0 aliphatic rings. The summed E-state index contributed by atoms with van der Waals surface area (Å²) in [7, 11) is 0. The molecule has 10 amide bonds. The van der Waals surface area contributed by atoms with Crippen molar-refractivity contribution in [3.05, 3.63) is 71.8 Å². The summed E-state index contributed by atoms with van der Waals surface area (Å²) < 4.78 is 0. The van der Waals surface area contributed by atoms with Gasteiger partial charge in [-0.1, -0.05) is 60.7 Å². The molecule has 77 heavy (non-hydrogen) atoms. The lowest BCUT2D eigenvalue weighted by molar-refractivity contribution is -0.142. The first-order valence-electron chi connectivity index (χ1n) is 24.0. The number of carbonyl (C=O) groups is 11. The van der Waals surface area contributed by atoms with E-state index in [1.165, 1.54) is 13.8 Å². The summed E-state index contributed by atoms with van der Waals surface area (Å²) in [6.07, 6.45) is -1.98. The highest BCUT2D eigenvalue weighted by Crippen LogP contribution is 2.09. The highest BCUT2D eigenvalue weighted by molar-refractivity contribution is 5.98. The Morgan fingerprint density at radius 1 is 0.506 bits per heavy atom. The molecule has 0 aromatic heterocycles. The van der Waals surface area contributed by atoms with Gasteiger partial charge in [-0.25, -0.2) is 4.79 Å². The zero-order valence-electron chi connectivity index (χ0n) is 42.5. The van der Waals surface area contributed by atoms with Crippen LogP contribution >= 0.6 is 0 Å². The largest absolute Gasteiger partial charge is 0.480 e. The smallest absolute Gasteiger partial charge is 0.326 e. The Morgan fingerprint density at radius 3 is 1.43 bits per heavy atom. The lowest BCUT2D eigenvalue weighted by Crippen LogP contribution is -2.62. The van der Waals surface area contributed by atoms with E-state index in [9.17, 15) is 78.3 Å². The number of guanidine groups is 1. The molecule has 0 aliphatic carbocycles. The molecule has 0 spiro atoms. The van der Waals surface area contributed by atoms with Gasteiger partial charge in [-0.05, 0) is 44.7 Å². The number of aliphatic hydroxyl groups excluding tert-OH is 4. The van der Waals surface area contributed by atoms with Crippen molar-refractivity contribution in [2.45, 2.75) is 107 Å². The quantitative estimate of drug-likeness (QED) is 0.0179. The van der Waals surface area contributed by atoms with Gasteiger partial charge in [-0.2, -0.15) is 0 Å². The van der Waals surface area contributed by atoms with Gasteiger partial charge in [0.25, 0.3) is 0 Å². The molecule has 0 unspecified atom stereocenters. The van der Waals surface area contributed by atoms with Crippen molar-refractivity contribution in [3.63, 3.8) is 0 Å². The fourth-order valence-corrected chi connectivity index (χ4v) is 6.68. The molecule has 0 aliphatic heterocycles. The number of carboxylic acids is 1. The van der Waals surface area contributed by atoms with E-state index in [0.717, 1.165) is 6.92 Å². The molecule has 0 fully saturated rings. The summed E-state index contributed by atoms with van der Waals surface area (Å²) in [5, 5.41) is 72.4. The molecule has 21 N–H and O–H groups in total. The molecule has 2 aromatic rings. The van der Waals surface area contributed by atoms with Crippen molar-refractivity contribution in [1.82, 2.24) is 53.2 Å². The number of aliphatic hydroxyl groups is 4. The number of amides is 10. The summed E-state index contributed by atoms with van der Waals surface area (Å²) >= 11 is 0. The summed E-state index contributed by atoms with van der Waals surface area (Å²) in [6, 6.07) is 2.97. The third-order valence-corrected chi connectivity index (χ3v) is 11.0. The summed E-state index contributed by atoms with van der Waals surface area (Å²) in [5.41, 5.74) is 17.0. The van der Waals surface area contributed by atoms with Gasteiger partial charge in [0, 0.05) is 19.4 Å². The van der Waals surface area contributed by atoms with Crippen molar-refractivity contribution >= 4 is 71.0 Å². The van der Waals surface area contributed by atoms with Crippen LogP contribution in [0, 0.1) is 0 Å². The molecule has 424 valence electrons. The van der Waals surface area contributed by atoms with E-state index in [-0.39, 0.29) is 38.2 Å². The molecular formula is C47H70N14O16. The summed E-state index contributed by atoms with van der Waals surface area (Å²) in [5.74, 6) is -11.5. The van der Waals surface area contributed by atoms with Crippen LogP contribution in [0.15, 0.2) is 65.7 Å². The number of carbonyl (C=O) groups excluding carboxylic acids is 10. The number of nitrogens with zero attached hydrogens (tertiary/aromatic N) is 1. The second kappa shape index (κ2) is 33.6. The zero-order chi connectivity index (χ0) is 57.8. The summed E-state index contributed by atoms with van der Waals surface area (Å²) in [6.45, 7) is -0.660. The third kappa shape index (κ3) is 23.8. The number of carboxylic acid groups (broad SMARTS) is 1. The fraction of sp³-hybridized carbons (Fsp3) is 0.489. The van der Waals surface area contributed by atoms with E-state index in [1.54, 1.807) is 60.7 Å². The first kappa shape index (κ1) is 64.8. The van der Waals surface area contributed by atoms with E-state index < -0.39 is 158 Å². The van der Waals surface area contributed by atoms with Crippen molar-refractivity contribution in [1.29, 1.82) is 0 Å². The van der Waals surface area contributed by atoms with Gasteiger partial charge >= 0.3 is 5.97 Å². The van der Waals surface area contributed by atoms with Crippen LogP contribution in [-0.4, -0.2) is 196 Å². The molecule has 0 saturated carbocycles. The van der Waals surface area contributed by atoms with Gasteiger partial charge in [0.15, 0.2) is 5.96 Å². The van der Waals surface area contributed by atoms with Crippen molar-refractivity contribution in [2.75, 3.05) is 39.5 Å². The van der Waals surface area contributed by atoms with E-state index in [2.05, 4.69) is 58.2 Å². The Balaban J connectivity index is 2.20. The third-order valence-electron chi connectivity index (χ3n) is 11.0. The lowest BCUT2D eigenvalue weighted by atomic mass is 10.0. The molecule has 0 heterocycles. The SMILES string of the molecule is C[C@H](N)C(=O)N[C@@H](CO)C(=O)N[C@@H](C)C(=O)N[C@@H](CO)C(=O)N[C@H](C(=O)N[C@@H](Cc1ccccc1)C(=O)N[C@@H](Cc1ccccc1)C(=O)NCC(=O)NCC(=O)N[C@@H](CO)C(=O)N[C@@H](CCCN=C(N)N)C(=O)O)[C@@H](C)O. The number of hydrogen-bond donors (Lipinski definition) is 18. The predicted octanol–water partition coefficient (Wildman–Crippen LogP) is -8.55. The maximum absolute atomic E-state index is 14.2. The average molecular weight is 1090 g/mol. The zero-order valence-corrected chi connectivity index (χ0v) is 42.5. The Labute approximate surface area is 441 Å². The van der Waals surface area contributed by atoms with Crippen LogP contribution in [0.2, 0.25) is 0 Å². The van der Waals surface area contributed by atoms with Crippen LogP contribution in [0.1, 0.15) is 44.7 Å². The molecule has 30 heteroatoms. The van der Waals surface area contributed by atoms with Crippen LogP contribution in [0.25, 0.3) is 0 Å². The predicted molar refractivity (Wildman–Crippen MR) is 272 cm³/mol. The monoisotopic (exact) mass is 1090 g/mol. The number of hydrogen-bond acceptors (Lipinski definition) is 17. The first-order valence-corrected chi connectivity index (χ1v) is 24.0. The summed E-state index contributed by atoms with van der Waals surface area (Å²) in [4.78, 5) is 146. The minimum atomic E-state index is -1.84. The van der Waals surface area contributed by atoms with Crippen molar-refractivity contribution < 1.29 is 78.3 Å². The number of nitrogens with one attached hydrogen (secondary N) is 10. The molecule has 30 nitrogen and oxygen atoms in total. The van der Waals surface area contributed by atoms with Gasteiger partial charge < -0.3 is 95.9 Å². The number of benzene rings is 2. The Bertz CT molecular complexity index is 2360. The normalized spacial score (nSPS) is 14.7. The second-order valence-corrected chi connectivity index (χ2v) is 17.4. The number of aliphatic imine (C=N–C) groups is 1. The van der Waals surface area contributed by atoms with Crippen LogP contribution < -0.4 is 70.4 Å². The minimum Gasteiger partial charge on any atom is -0.480 e. The van der Waals surface area contributed by atoms with Gasteiger partial charge in [0.05, 0.1) is 45.1 Å². The van der Waals surface area contributed by atoms with Gasteiger partial charge in [0.1, 0.15) is 48.3 Å². The number of nitrogens with two attached hydrogens (primary N) is 3. The highest BCUT2D eigenvalue weighted by Gasteiger charge is 2.35. The van der Waals surface area contributed by atoms with Gasteiger partial charge in [-0.15, -0.1) is 0 Å². The van der Waals surface area contributed by atoms with E-state index >= 15 is 0 Å². The highest BCUT2D eigenvalue weighted by atomic mass is 16.4. The molecule has 2 rings (SSSR count). The molecule has 2 aromatic carbocycles. The molecule has 0 radical (unpaired) electrons. The van der Waals surface area contributed by atoms with Crippen molar-refractivity contribution in [3.8, 4) is 0 Å². The number of aliphatic carboxylic acids is 1. The second-order valence-electron chi connectivity index (χ2n) is 17.4. The topological polar surface area (TPSA) is 500 Å². The van der Waals surface area contributed by atoms with E-state index in [4.69, 9.17) is 17.2 Å². The van der Waals surface area contributed by atoms with Crippen LogP contribution in [-0.2, 0) is 65.6 Å². The number of rotatable bonds is 33. The van der Waals surface area contributed by atoms with Crippen LogP contribution in [0.3, 0.4) is 0 Å². The molecule has 0 saturated heterocycles. The van der Waals surface area contributed by atoms with Crippen LogP contribution in [0.5, 0.6) is 0 Å². The molecule has 10 atom stereocenters. The molecular weight excluding hydrogens is 1020 g/mol. The Kier molecular flexibility index (Phi) is 28.2. The maximum atomic E-state index is 14.2. The Morgan fingerprint density at radius 2 is 0.935 bits per heavy atom. The lowest BCUT2D eigenvalue weighted by Gasteiger charge is -2.28. The standard InChI is InChI=1S/C47H70N14O16/c1-24(48)38(68)59-33(22-63)42(72)54-25(2)39(69)60-34(23-64)44(74)61-37(26(3)65)45(75)58-31(18-28-13-8-5-9-14-28)41(71)57-30(17-27-11-6-4-7-12-27)40(70)53-19-35(66)52-20-36(67)55-32(21-62)43(73)56-29(46(76)77)15-10-16-51-47(49)50/h4-9,11-14,24-26,29-34,37,62-65H,10,15-23,48H2,1-3H3,(H,52,66)(H,53,70)(H,54,72)(H,55,67)(H,56,73)(H,57,71)(H,58,75)(H,59,68)(H,60,69)(H,61,74)(H,76,77)(H4,49,50,51)/t24-,25-,26+,29-,30-,31-,32-,33-,34-,37-/m0/s1. The minimum absolute atomic E-state index is 0.0712. The van der Waals surface area contributed by atoms with E-state index in [0.29, 0.717) is 11.1 Å². The maximum Gasteiger partial charge on any atom is 0.326 e. The van der Waals surface area contributed by atoms with Gasteiger partial charge in [0.2, 0.25) is 59.1 Å². The Hall–Kier alpha value is -8.32. The van der Waals surface area contributed by atoms with Crippen LogP contribution in [0.4, 0.5) is 0 Å². The first-order chi connectivity index (χ1) is 36.4. The van der Waals surface area contributed by atoms with Crippen molar-refractivity contribution in [2.24, 2.45) is 22.2 Å². The average Bonchev–Trinajstić information content (AvgIpc) is 3.39. The van der Waals surface area contributed by atoms with Gasteiger partial charge in [-0.3, -0.25) is 52.9 Å². The molecule has 0 bridgehead atoms. The van der Waals surface area contributed by atoms with E-state index in [1.807, 2.05) is 0 Å².